The van der Waals surface area contributed by atoms with Gasteiger partial charge in [-0.05, 0) is 50.9 Å². The van der Waals surface area contributed by atoms with Gasteiger partial charge in [0.2, 0.25) is 0 Å². The molecule has 0 spiro atoms. The fourth-order valence-corrected chi connectivity index (χ4v) is 3.90. The molecule has 1 unspecified atom stereocenters. The van der Waals surface area contributed by atoms with Crippen molar-refractivity contribution < 1.29 is 14.6 Å². The molecule has 0 aliphatic carbocycles. The lowest BCUT2D eigenvalue weighted by atomic mass is 10.0. The van der Waals surface area contributed by atoms with E-state index in [1.807, 2.05) is 19.9 Å². The number of hydrogen-bond donors (Lipinski definition) is 1. The summed E-state index contributed by atoms with van der Waals surface area (Å²) in [5.74, 6) is 0.797. The molecule has 25 heavy (non-hydrogen) atoms. The van der Waals surface area contributed by atoms with Crippen molar-refractivity contribution in [2.24, 2.45) is 0 Å². The van der Waals surface area contributed by atoms with Gasteiger partial charge >= 0.3 is 0 Å². The van der Waals surface area contributed by atoms with E-state index in [2.05, 4.69) is 21.9 Å². The van der Waals surface area contributed by atoms with Crippen LogP contribution in [0.25, 0.3) is 0 Å². The maximum Gasteiger partial charge on any atom is 0.125 e. The summed E-state index contributed by atoms with van der Waals surface area (Å²) in [6.07, 6.45) is 2.66. The number of piperidine rings is 1. The molecule has 0 saturated carbocycles. The third kappa shape index (κ3) is 5.17. The minimum atomic E-state index is 0.0201. The van der Waals surface area contributed by atoms with Gasteiger partial charge in [0.05, 0.1) is 25.9 Å². The number of rotatable bonds is 6. The zero-order chi connectivity index (χ0) is 17.6. The summed E-state index contributed by atoms with van der Waals surface area (Å²) in [7, 11) is 0. The Balaban J connectivity index is 1.61. The normalized spacial score (nSPS) is 23.1. The first kappa shape index (κ1) is 18.6. The van der Waals surface area contributed by atoms with Crippen LogP contribution in [0.3, 0.4) is 0 Å². The van der Waals surface area contributed by atoms with Crippen molar-refractivity contribution in [1.82, 2.24) is 9.80 Å². The smallest absolute Gasteiger partial charge is 0.125 e. The van der Waals surface area contributed by atoms with Gasteiger partial charge in [-0.25, -0.2) is 0 Å². The molecule has 0 bridgehead atoms. The van der Waals surface area contributed by atoms with Crippen molar-refractivity contribution in [3.63, 3.8) is 0 Å². The Bertz CT molecular complexity index is 544. The molecule has 0 aromatic heterocycles. The minimum absolute atomic E-state index is 0.0201. The second-order valence-corrected chi connectivity index (χ2v) is 7.45. The molecule has 2 aliphatic rings. The Labute approximate surface area is 151 Å². The number of nitrogens with zero attached hydrogens (tertiary/aromatic N) is 2. The lowest BCUT2D eigenvalue weighted by Gasteiger charge is -2.41. The Morgan fingerprint density at radius 3 is 2.76 bits per heavy atom. The zero-order valence-corrected chi connectivity index (χ0v) is 15.6. The van der Waals surface area contributed by atoms with Crippen LogP contribution >= 0.6 is 0 Å². The summed E-state index contributed by atoms with van der Waals surface area (Å²) in [6, 6.07) is 6.88. The molecular weight excluding hydrogens is 316 g/mol. The number of hydrogen-bond acceptors (Lipinski definition) is 5. The second kappa shape index (κ2) is 8.99. The van der Waals surface area contributed by atoms with E-state index < -0.39 is 0 Å². The minimum Gasteiger partial charge on any atom is -0.491 e. The third-order valence-electron chi connectivity index (χ3n) is 5.11. The Kier molecular flexibility index (Phi) is 6.70. The Hall–Kier alpha value is -1.14. The highest BCUT2D eigenvalue weighted by atomic mass is 16.5. The molecule has 2 aliphatic heterocycles. The first-order valence-corrected chi connectivity index (χ1v) is 9.59. The summed E-state index contributed by atoms with van der Waals surface area (Å²) in [4.78, 5) is 5.14. The van der Waals surface area contributed by atoms with E-state index in [1.54, 1.807) is 0 Å². The van der Waals surface area contributed by atoms with Crippen molar-refractivity contribution >= 4 is 0 Å². The van der Waals surface area contributed by atoms with Gasteiger partial charge < -0.3 is 14.6 Å². The van der Waals surface area contributed by atoms with E-state index in [4.69, 9.17) is 9.47 Å². The van der Waals surface area contributed by atoms with Gasteiger partial charge in [-0.3, -0.25) is 9.80 Å². The summed E-state index contributed by atoms with van der Waals surface area (Å²) in [5, 5.41) is 9.66. The molecule has 140 valence electrons. The molecule has 1 atom stereocenters. The highest BCUT2D eigenvalue weighted by molar-refractivity contribution is 5.37. The van der Waals surface area contributed by atoms with Crippen LogP contribution in [-0.4, -0.2) is 66.4 Å². The molecule has 2 heterocycles. The topological polar surface area (TPSA) is 45.2 Å². The van der Waals surface area contributed by atoms with Gasteiger partial charge in [0, 0.05) is 37.8 Å². The van der Waals surface area contributed by atoms with Crippen LogP contribution < -0.4 is 4.74 Å². The molecule has 0 amide bonds. The maximum atomic E-state index is 9.66. The van der Waals surface area contributed by atoms with Crippen LogP contribution in [0, 0.1) is 0 Å². The molecule has 2 fully saturated rings. The molecule has 3 rings (SSSR count). The summed E-state index contributed by atoms with van der Waals surface area (Å²) < 4.78 is 11.3. The fraction of sp³-hybridized carbons (Fsp3) is 0.700. The van der Waals surface area contributed by atoms with Crippen molar-refractivity contribution in [3.8, 4) is 5.75 Å². The van der Waals surface area contributed by atoms with Gasteiger partial charge in [-0.2, -0.15) is 0 Å². The molecular formula is C20H32N2O3. The average molecular weight is 348 g/mol. The zero-order valence-electron chi connectivity index (χ0n) is 15.6. The molecule has 5 heteroatoms. The summed E-state index contributed by atoms with van der Waals surface area (Å²) in [6.45, 7) is 11.1. The molecule has 5 nitrogen and oxygen atoms in total. The number of ether oxygens (including phenoxy) is 2. The van der Waals surface area contributed by atoms with Crippen molar-refractivity contribution in [2.75, 3.05) is 39.4 Å². The fourth-order valence-electron chi connectivity index (χ4n) is 3.90. The number of likely N-dealkylation sites (tertiary alicyclic amines) is 1. The van der Waals surface area contributed by atoms with Gasteiger partial charge in [-0.1, -0.05) is 6.07 Å². The lowest BCUT2D eigenvalue weighted by Crippen LogP contribution is -2.51. The Morgan fingerprint density at radius 1 is 1.24 bits per heavy atom. The van der Waals surface area contributed by atoms with Crippen LogP contribution in [0.1, 0.15) is 37.8 Å². The monoisotopic (exact) mass is 348 g/mol. The van der Waals surface area contributed by atoms with E-state index in [9.17, 15) is 5.11 Å². The predicted octanol–water partition coefficient (Wildman–Crippen LogP) is 2.26. The Morgan fingerprint density at radius 2 is 2.04 bits per heavy atom. The average Bonchev–Trinajstić information content (AvgIpc) is 2.63. The van der Waals surface area contributed by atoms with Crippen LogP contribution in [0.4, 0.5) is 0 Å². The van der Waals surface area contributed by atoms with Crippen LogP contribution in [-0.2, 0) is 17.9 Å². The first-order chi connectivity index (χ1) is 12.2. The summed E-state index contributed by atoms with van der Waals surface area (Å²) >= 11 is 0. The van der Waals surface area contributed by atoms with Crippen LogP contribution in [0.5, 0.6) is 5.75 Å². The highest BCUT2D eigenvalue weighted by Gasteiger charge is 2.26. The van der Waals surface area contributed by atoms with E-state index >= 15 is 0 Å². The van der Waals surface area contributed by atoms with Crippen molar-refractivity contribution in [2.45, 2.75) is 52.0 Å². The second-order valence-electron chi connectivity index (χ2n) is 7.45. The molecule has 2 saturated heterocycles. The van der Waals surface area contributed by atoms with E-state index in [0.717, 1.165) is 57.3 Å². The molecule has 1 aromatic carbocycles. The van der Waals surface area contributed by atoms with E-state index in [-0.39, 0.29) is 12.7 Å². The maximum absolute atomic E-state index is 9.66. The molecule has 1 aromatic rings. The number of benzene rings is 1. The van der Waals surface area contributed by atoms with Gasteiger partial charge in [0.25, 0.3) is 0 Å². The van der Waals surface area contributed by atoms with Crippen molar-refractivity contribution in [1.29, 1.82) is 0 Å². The number of aliphatic hydroxyl groups excluding tert-OH is 1. The first-order valence-electron chi connectivity index (χ1n) is 9.59. The van der Waals surface area contributed by atoms with E-state index in [1.165, 1.54) is 18.4 Å². The van der Waals surface area contributed by atoms with Gasteiger partial charge in [-0.15, -0.1) is 0 Å². The molecule has 1 N–H and O–H groups in total. The largest absolute Gasteiger partial charge is 0.491 e. The van der Waals surface area contributed by atoms with Crippen LogP contribution in [0.2, 0.25) is 0 Å². The van der Waals surface area contributed by atoms with E-state index in [0.29, 0.717) is 6.04 Å². The van der Waals surface area contributed by atoms with Gasteiger partial charge in [0.15, 0.2) is 0 Å². The lowest BCUT2D eigenvalue weighted by molar-refractivity contribution is -0.00358. The highest BCUT2D eigenvalue weighted by Crippen LogP contribution is 2.24. The van der Waals surface area contributed by atoms with Crippen molar-refractivity contribution in [3.05, 3.63) is 29.3 Å². The SMILES string of the molecule is CC(C)Oc1ccc(CN2CCCC(N3CCOCC3)C2)cc1CO. The standard InChI is InChI=1S/C20H32N2O3/c1-16(2)25-20-6-5-17(12-18(20)15-23)13-21-7-3-4-19(14-21)22-8-10-24-11-9-22/h5-6,12,16,19,23H,3-4,7-11,13-15H2,1-2H3. The van der Waals surface area contributed by atoms with Gasteiger partial charge in [0.1, 0.15) is 5.75 Å². The predicted molar refractivity (Wildman–Crippen MR) is 98.8 cm³/mol. The number of morpholine rings is 1. The molecule has 0 radical (unpaired) electrons. The number of aliphatic hydroxyl groups is 1. The quantitative estimate of drug-likeness (QED) is 0.854. The van der Waals surface area contributed by atoms with Crippen LogP contribution in [0.15, 0.2) is 18.2 Å². The summed E-state index contributed by atoms with van der Waals surface area (Å²) in [5.41, 5.74) is 2.13. The third-order valence-corrected chi connectivity index (χ3v) is 5.11.